The van der Waals surface area contributed by atoms with Gasteiger partial charge in [-0.05, 0) is 54.0 Å². The zero-order valence-electron chi connectivity index (χ0n) is 18.0. The van der Waals surface area contributed by atoms with Crippen molar-refractivity contribution in [2.24, 2.45) is 0 Å². The molecule has 2 rings (SSSR count). The van der Waals surface area contributed by atoms with Crippen LogP contribution in [0.3, 0.4) is 0 Å². The summed E-state index contributed by atoms with van der Waals surface area (Å²) in [5.74, 6) is -1.07. The molecule has 2 N–H and O–H groups in total. The predicted octanol–water partition coefficient (Wildman–Crippen LogP) is 3.97. The van der Waals surface area contributed by atoms with E-state index in [1.54, 1.807) is 20.8 Å². The van der Waals surface area contributed by atoms with E-state index in [0.717, 1.165) is 13.2 Å². The van der Waals surface area contributed by atoms with Crippen LogP contribution in [-0.2, 0) is 9.47 Å². The van der Waals surface area contributed by atoms with Crippen molar-refractivity contribution in [3.8, 4) is 0 Å². The lowest BCUT2D eigenvalue weighted by molar-refractivity contribution is 0.0472. The van der Waals surface area contributed by atoms with Crippen molar-refractivity contribution in [1.29, 1.82) is 0 Å². The highest BCUT2D eigenvalue weighted by atomic mass is 35.5. The molecule has 164 valence electrons. The van der Waals surface area contributed by atoms with Gasteiger partial charge < -0.3 is 24.8 Å². The van der Waals surface area contributed by atoms with Crippen LogP contribution >= 0.6 is 11.6 Å². The minimum atomic E-state index is -1.07. The molecule has 1 atom stereocenters. The maximum absolute atomic E-state index is 12.0. The first kappa shape index (κ1) is 25.0. The SMILES string of the molecule is CC(C)(C)OC(=O)N[C@@]1(C)CCN(c2cc(Cl)ncc2C(=O)O)C1.CCOCC. The summed E-state index contributed by atoms with van der Waals surface area (Å²) >= 11 is 5.91. The molecule has 0 aromatic carbocycles. The van der Waals surface area contributed by atoms with E-state index in [-0.39, 0.29) is 10.7 Å². The predicted molar refractivity (Wildman–Crippen MR) is 113 cm³/mol. The van der Waals surface area contributed by atoms with E-state index < -0.39 is 23.2 Å². The molecule has 0 aliphatic carbocycles. The number of carbonyl (C=O) groups is 2. The molecule has 1 fully saturated rings. The van der Waals surface area contributed by atoms with E-state index >= 15 is 0 Å². The van der Waals surface area contributed by atoms with Crippen LogP contribution in [0.2, 0.25) is 5.15 Å². The van der Waals surface area contributed by atoms with Crippen LogP contribution in [0.5, 0.6) is 0 Å². The number of hydrogen-bond donors (Lipinski definition) is 2. The molecule has 1 aromatic rings. The Morgan fingerprint density at radius 3 is 2.45 bits per heavy atom. The molecule has 0 radical (unpaired) electrons. The number of anilines is 1. The third kappa shape index (κ3) is 8.45. The second kappa shape index (κ2) is 10.6. The Hall–Kier alpha value is -2.06. The first-order valence-corrected chi connectivity index (χ1v) is 10.0. The quantitative estimate of drug-likeness (QED) is 0.683. The number of ether oxygens (including phenoxy) is 2. The number of pyridine rings is 1. The zero-order chi connectivity index (χ0) is 22.2. The molecule has 9 heteroatoms. The number of rotatable bonds is 5. The maximum atomic E-state index is 12.0. The summed E-state index contributed by atoms with van der Waals surface area (Å²) in [5.41, 5.74) is -0.514. The Morgan fingerprint density at radius 2 is 1.97 bits per heavy atom. The fourth-order valence-electron chi connectivity index (χ4n) is 2.87. The van der Waals surface area contributed by atoms with Crippen LogP contribution < -0.4 is 10.2 Å². The molecule has 1 amide bonds. The van der Waals surface area contributed by atoms with E-state index in [4.69, 9.17) is 21.1 Å². The highest BCUT2D eigenvalue weighted by Gasteiger charge is 2.37. The van der Waals surface area contributed by atoms with Gasteiger partial charge in [0.05, 0.1) is 11.2 Å². The summed E-state index contributed by atoms with van der Waals surface area (Å²) in [4.78, 5) is 29.1. The van der Waals surface area contributed by atoms with Crippen LogP contribution in [0, 0.1) is 0 Å². The summed E-state index contributed by atoms with van der Waals surface area (Å²) < 4.78 is 10.1. The number of carboxylic acids is 1. The molecule has 0 saturated carbocycles. The zero-order valence-corrected chi connectivity index (χ0v) is 18.8. The van der Waals surface area contributed by atoms with Crippen molar-refractivity contribution < 1.29 is 24.2 Å². The van der Waals surface area contributed by atoms with Gasteiger partial charge in [0.15, 0.2) is 0 Å². The Labute approximate surface area is 177 Å². The topological polar surface area (TPSA) is 101 Å². The lowest BCUT2D eigenvalue weighted by atomic mass is 10.0. The highest BCUT2D eigenvalue weighted by Crippen LogP contribution is 2.30. The number of nitrogens with zero attached hydrogens (tertiary/aromatic N) is 2. The van der Waals surface area contributed by atoms with Gasteiger partial charge in [0.25, 0.3) is 0 Å². The number of nitrogens with one attached hydrogen (secondary N) is 1. The monoisotopic (exact) mass is 429 g/mol. The lowest BCUT2D eigenvalue weighted by Crippen LogP contribution is -2.49. The second-order valence-corrected chi connectivity index (χ2v) is 8.36. The van der Waals surface area contributed by atoms with Gasteiger partial charge in [-0.25, -0.2) is 14.6 Å². The molecule has 1 aromatic heterocycles. The van der Waals surface area contributed by atoms with Gasteiger partial charge in [-0.1, -0.05) is 11.6 Å². The smallest absolute Gasteiger partial charge is 0.408 e. The molecular formula is C20H32ClN3O5. The van der Waals surface area contributed by atoms with E-state index in [9.17, 15) is 14.7 Å². The molecule has 8 nitrogen and oxygen atoms in total. The Bertz CT molecular complexity index is 706. The number of alkyl carbamates (subject to hydrolysis) is 1. The molecule has 0 spiro atoms. The van der Waals surface area contributed by atoms with Gasteiger partial charge in [0, 0.05) is 32.5 Å². The standard InChI is InChI=1S/C16H22ClN3O4.C4H10O/c1-15(2,3)24-14(23)19-16(4)5-6-20(9-16)11-7-12(17)18-8-10(11)13(21)22;1-3-5-4-2/h7-8H,5-6,9H2,1-4H3,(H,19,23)(H,21,22);3-4H2,1-2H3/t16-;/m0./s1. The largest absolute Gasteiger partial charge is 0.478 e. The van der Waals surface area contributed by atoms with Crippen LogP contribution in [0.15, 0.2) is 12.3 Å². The van der Waals surface area contributed by atoms with Crippen LogP contribution in [0.4, 0.5) is 10.5 Å². The van der Waals surface area contributed by atoms with Crippen molar-refractivity contribution in [2.75, 3.05) is 31.2 Å². The van der Waals surface area contributed by atoms with E-state index in [0.29, 0.717) is 25.2 Å². The molecule has 0 bridgehead atoms. The van der Waals surface area contributed by atoms with Gasteiger partial charge in [-0.15, -0.1) is 0 Å². The van der Waals surface area contributed by atoms with Crippen molar-refractivity contribution in [3.05, 3.63) is 23.0 Å². The number of halogens is 1. The number of hydrogen-bond acceptors (Lipinski definition) is 6. The summed E-state index contributed by atoms with van der Waals surface area (Å²) in [6, 6.07) is 1.53. The third-order valence-electron chi connectivity index (χ3n) is 4.10. The summed E-state index contributed by atoms with van der Waals surface area (Å²) in [7, 11) is 0. The van der Waals surface area contributed by atoms with Crippen LogP contribution in [0.1, 0.15) is 58.3 Å². The summed E-state index contributed by atoms with van der Waals surface area (Å²) in [6.07, 6.45) is 1.42. The number of aromatic nitrogens is 1. The molecule has 0 unspecified atom stereocenters. The van der Waals surface area contributed by atoms with Crippen molar-refractivity contribution in [3.63, 3.8) is 0 Å². The highest BCUT2D eigenvalue weighted by molar-refractivity contribution is 6.29. The van der Waals surface area contributed by atoms with Gasteiger partial charge in [-0.3, -0.25) is 0 Å². The van der Waals surface area contributed by atoms with Crippen molar-refractivity contribution in [1.82, 2.24) is 10.3 Å². The molecule has 2 heterocycles. The third-order valence-corrected chi connectivity index (χ3v) is 4.31. The number of amides is 1. The van der Waals surface area contributed by atoms with E-state index in [2.05, 4.69) is 10.3 Å². The van der Waals surface area contributed by atoms with Gasteiger partial charge in [0.2, 0.25) is 0 Å². The molecular weight excluding hydrogens is 398 g/mol. The van der Waals surface area contributed by atoms with Gasteiger partial charge >= 0.3 is 12.1 Å². The van der Waals surface area contributed by atoms with Crippen LogP contribution in [0.25, 0.3) is 0 Å². The van der Waals surface area contributed by atoms with Crippen LogP contribution in [-0.4, -0.2) is 59.6 Å². The summed E-state index contributed by atoms with van der Waals surface area (Å²) in [5, 5.41) is 12.4. The second-order valence-electron chi connectivity index (χ2n) is 7.97. The lowest BCUT2D eigenvalue weighted by Gasteiger charge is -2.29. The minimum absolute atomic E-state index is 0.0842. The first-order valence-electron chi connectivity index (χ1n) is 9.63. The number of aromatic carboxylic acids is 1. The maximum Gasteiger partial charge on any atom is 0.408 e. The molecule has 1 aliphatic rings. The Morgan fingerprint density at radius 1 is 1.34 bits per heavy atom. The fraction of sp³-hybridized carbons (Fsp3) is 0.650. The fourth-order valence-corrected chi connectivity index (χ4v) is 3.02. The molecule has 1 saturated heterocycles. The van der Waals surface area contributed by atoms with Crippen molar-refractivity contribution in [2.45, 2.75) is 59.1 Å². The van der Waals surface area contributed by atoms with E-state index in [1.165, 1.54) is 12.3 Å². The van der Waals surface area contributed by atoms with E-state index in [1.807, 2.05) is 25.7 Å². The molecule has 1 aliphatic heterocycles. The van der Waals surface area contributed by atoms with Gasteiger partial charge in [0.1, 0.15) is 16.3 Å². The van der Waals surface area contributed by atoms with Crippen molar-refractivity contribution >= 4 is 29.4 Å². The Balaban J connectivity index is 0.000000749. The number of carbonyl (C=O) groups excluding carboxylic acids is 1. The minimum Gasteiger partial charge on any atom is -0.478 e. The molecule has 29 heavy (non-hydrogen) atoms. The van der Waals surface area contributed by atoms with Gasteiger partial charge in [-0.2, -0.15) is 0 Å². The average Bonchev–Trinajstić information content (AvgIpc) is 2.95. The first-order chi connectivity index (χ1) is 13.4. The normalized spacial score (nSPS) is 18.7. The Kier molecular flexibility index (Phi) is 9.16. The average molecular weight is 430 g/mol. The summed E-state index contributed by atoms with van der Waals surface area (Å²) in [6.45, 7) is 14.0. The number of carboxylic acid groups (broad SMARTS) is 1.